The summed E-state index contributed by atoms with van der Waals surface area (Å²) in [6.07, 6.45) is 0. The van der Waals surface area contributed by atoms with E-state index in [1.54, 1.807) is 12.1 Å². The van der Waals surface area contributed by atoms with Crippen LogP contribution in [0.4, 0.5) is 17.6 Å². The normalized spacial score (nSPS) is 11.2. The summed E-state index contributed by atoms with van der Waals surface area (Å²) in [6, 6.07) is 8.51. The Balaban J connectivity index is 2.51. The number of benzene rings is 2. The lowest BCUT2D eigenvalue weighted by atomic mass is 10.1. The molecule has 0 radical (unpaired) electrons. The maximum absolute atomic E-state index is 12.2. The van der Waals surface area contributed by atoms with E-state index in [0.29, 0.717) is 0 Å². The van der Waals surface area contributed by atoms with Crippen molar-refractivity contribution in [2.24, 2.45) is 0 Å². The predicted octanol–water partition coefficient (Wildman–Crippen LogP) is 4.04. The first-order valence-electron chi connectivity index (χ1n) is 4.99. The van der Waals surface area contributed by atoms with E-state index in [1.807, 2.05) is 0 Å². The lowest BCUT2D eigenvalue weighted by molar-refractivity contribution is -0.0514. The van der Waals surface area contributed by atoms with Gasteiger partial charge < -0.3 is 9.47 Å². The largest absolute Gasteiger partial charge is 0.434 e. The average Bonchev–Trinajstić information content (AvgIpc) is 2.31. The maximum Gasteiger partial charge on any atom is 0.387 e. The first-order chi connectivity index (χ1) is 8.58. The Morgan fingerprint density at radius 2 is 1.06 bits per heavy atom. The van der Waals surface area contributed by atoms with Gasteiger partial charge in [0.05, 0.1) is 0 Å². The van der Waals surface area contributed by atoms with E-state index in [0.717, 1.165) is 0 Å². The van der Waals surface area contributed by atoms with Gasteiger partial charge in [-0.2, -0.15) is 17.6 Å². The van der Waals surface area contributed by atoms with E-state index < -0.39 is 13.2 Å². The molecule has 0 atom stereocenters. The van der Waals surface area contributed by atoms with Crippen LogP contribution in [-0.2, 0) is 0 Å². The van der Waals surface area contributed by atoms with E-state index in [4.69, 9.17) is 0 Å². The monoisotopic (exact) mass is 260 g/mol. The van der Waals surface area contributed by atoms with Crippen molar-refractivity contribution in [3.05, 3.63) is 36.4 Å². The number of hydrogen-bond donors (Lipinski definition) is 0. The Labute approximate surface area is 99.7 Å². The molecule has 2 rings (SSSR count). The zero-order chi connectivity index (χ0) is 13.1. The van der Waals surface area contributed by atoms with Gasteiger partial charge in [0.25, 0.3) is 0 Å². The van der Waals surface area contributed by atoms with Gasteiger partial charge in [-0.1, -0.05) is 24.3 Å². The summed E-state index contributed by atoms with van der Waals surface area (Å²) in [7, 11) is 0. The number of ether oxygens (including phenoxy) is 2. The third-order valence-electron chi connectivity index (χ3n) is 2.28. The number of halogens is 4. The van der Waals surface area contributed by atoms with Gasteiger partial charge in [0, 0.05) is 10.8 Å². The molecule has 0 spiro atoms. The highest BCUT2D eigenvalue weighted by Gasteiger charge is 2.13. The molecule has 0 aliphatic rings. The van der Waals surface area contributed by atoms with Crippen molar-refractivity contribution >= 4 is 10.8 Å². The molecule has 0 saturated carbocycles. The lowest BCUT2D eigenvalue weighted by Crippen LogP contribution is -2.05. The van der Waals surface area contributed by atoms with Gasteiger partial charge in [-0.25, -0.2) is 0 Å². The third-order valence-corrected chi connectivity index (χ3v) is 2.28. The molecule has 2 aromatic rings. The number of hydrogen-bond acceptors (Lipinski definition) is 2. The second-order valence-corrected chi connectivity index (χ2v) is 3.36. The van der Waals surface area contributed by atoms with Crippen LogP contribution >= 0.6 is 0 Å². The van der Waals surface area contributed by atoms with Gasteiger partial charge >= 0.3 is 13.2 Å². The highest BCUT2D eigenvalue weighted by atomic mass is 19.3. The third kappa shape index (κ3) is 2.64. The highest BCUT2D eigenvalue weighted by molar-refractivity contribution is 5.93. The molecular weight excluding hydrogens is 252 g/mol. The Hall–Kier alpha value is -1.98. The molecule has 18 heavy (non-hydrogen) atoms. The van der Waals surface area contributed by atoms with Crippen LogP contribution < -0.4 is 9.47 Å². The summed E-state index contributed by atoms with van der Waals surface area (Å²) in [4.78, 5) is 0. The minimum Gasteiger partial charge on any atom is -0.434 e. The molecule has 0 aliphatic heterocycles. The van der Waals surface area contributed by atoms with Crippen LogP contribution in [0.25, 0.3) is 10.8 Å². The van der Waals surface area contributed by atoms with Gasteiger partial charge in [0.2, 0.25) is 0 Å². The SMILES string of the molecule is FC(F)Oc1ccc(OC(F)F)c2ccccc12. The standard InChI is InChI=1S/C12H8F4O2/c13-11(14)17-9-5-6-10(18-12(15)16)8-4-2-1-3-7(8)9/h1-6,11-12H. The van der Waals surface area contributed by atoms with Crippen molar-refractivity contribution in [2.75, 3.05) is 0 Å². The molecule has 0 amide bonds. The molecule has 0 fully saturated rings. The Morgan fingerprint density at radius 1 is 0.667 bits per heavy atom. The number of fused-ring (bicyclic) bond motifs is 1. The zero-order valence-corrected chi connectivity index (χ0v) is 8.95. The van der Waals surface area contributed by atoms with Gasteiger partial charge in [-0.3, -0.25) is 0 Å². The summed E-state index contributed by atoms with van der Waals surface area (Å²) in [5.41, 5.74) is 0. The lowest BCUT2D eigenvalue weighted by Gasteiger charge is -2.12. The molecule has 6 heteroatoms. The summed E-state index contributed by atoms with van der Waals surface area (Å²) in [5, 5.41) is 0.576. The second kappa shape index (κ2) is 5.12. The predicted molar refractivity (Wildman–Crippen MR) is 57.2 cm³/mol. The van der Waals surface area contributed by atoms with Crippen LogP contribution in [0.2, 0.25) is 0 Å². The smallest absolute Gasteiger partial charge is 0.387 e. The van der Waals surface area contributed by atoms with Gasteiger partial charge in [0.15, 0.2) is 0 Å². The molecular formula is C12H8F4O2. The fraction of sp³-hybridized carbons (Fsp3) is 0.167. The van der Waals surface area contributed by atoms with Crippen molar-refractivity contribution in [3.8, 4) is 11.5 Å². The van der Waals surface area contributed by atoms with Crippen molar-refractivity contribution in [1.82, 2.24) is 0 Å². The number of rotatable bonds is 4. The molecule has 0 bridgehead atoms. The minimum atomic E-state index is -2.98. The topological polar surface area (TPSA) is 18.5 Å². The fourth-order valence-corrected chi connectivity index (χ4v) is 1.64. The second-order valence-electron chi connectivity index (χ2n) is 3.36. The summed E-state index contributed by atoms with van der Waals surface area (Å²) in [5.74, 6) is -0.163. The summed E-state index contributed by atoms with van der Waals surface area (Å²) >= 11 is 0. The van der Waals surface area contributed by atoms with E-state index >= 15 is 0 Å². The molecule has 0 aliphatic carbocycles. The van der Waals surface area contributed by atoms with Crippen LogP contribution in [0.1, 0.15) is 0 Å². The van der Waals surface area contributed by atoms with Crippen LogP contribution in [0, 0.1) is 0 Å². The fourth-order valence-electron chi connectivity index (χ4n) is 1.64. The molecule has 0 aromatic heterocycles. The quantitative estimate of drug-likeness (QED) is 0.772. The highest BCUT2D eigenvalue weighted by Crippen LogP contribution is 2.34. The minimum absolute atomic E-state index is 0.0813. The molecule has 0 saturated heterocycles. The van der Waals surface area contributed by atoms with Crippen molar-refractivity contribution in [2.45, 2.75) is 13.2 Å². The van der Waals surface area contributed by atoms with Crippen molar-refractivity contribution < 1.29 is 27.0 Å². The van der Waals surface area contributed by atoms with E-state index in [-0.39, 0.29) is 22.3 Å². The first kappa shape index (κ1) is 12.5. The van der Waals surface area contributed by atoms with Gasteiger partial charge in [-0.15, -0.1) is 0 Å². The molecule has 2 nitrogen and oxygen atoms in total. The Kier molecular flexibility index (Phi) is 3.55. The molecule has 0 unspecified atom stereocenters. The average molecular weight is 260 g/mol. The molecule has 0 N–H and O–H groups in total. The summed E-state index contributed by atoms with van der Waals surface area (Å²) < 4.78 is 57.4. The first-order valence-corrected chi connectivity index (χ1v) is 4.99. The van der Waals surface area contributed by atoms with Crippen molar-refractivity contribution in [3.63, 3.8) is 0 Å². The van der Waals surface area contributed by atoms with Crippen LogP contribution in [0.5, 0.6) is 11.5 Å². The van der Waals surface area contributed by atoms with Crippen molar-refractivity contribution in [1.29, 1.82) is 0 Å². The molecule has 2 aromatic carbocycles. The van der Waals surface area contributed by atoms with E-state index in [9.17, 15) is 17.6 Å². The molecule has 96 valence electrons. The van der Waals surface area contributed by atoms with Gasteiger partial charge in [0.1, 0.15) is 11.5 Å². The van der Waals surface area contributed by atoms with Crippen LogP contribution in [0.15, 0.2) is 36.4 Å². The molecule has 0 heterocycles. The zero-order valence-electron chi connectivity index (χ0n) is 8.95. The van der Waals surface area contributed by atoms with E-state index in [2.05, 4.69) is 9.47 Å². The van der Waals surface area contributed by atoms with Crippen LogP contribution in [0.3, 0.4) is 0 Å². The Bertz CT molecular complexity index is 494. The summed E-state index contributed by atoms with van der Waals surface area (Å²) in [6.45, 7) is -5.95. The van der Waals surface area contributed by atoms with Crippen LogP contribution in [-0.4, -0.2) is 13.2 Å². The maximum atomic E-state index is 12.2. The van der Waals surface area contributed by atoms with E-state index in [1.165, 1.54) is 24.3 Å². The Morgan fingerprint density at radius 3 is 1.39 bits per heavy atom. The van der Waals surface area contributed by atoms with Gasteiger partial charge in [-0.05, 0) is 12.1 Å². The number of alkyl halides is 4.